The molecule has 2 aromatic carbocycles. The fourth-order valence-electron chi connectivity index (χ4n) is 2.54. The summed E-state index contributed by atoms with van der Waals surface area (Å²) in [6.45, 7) is 0. The van der Waals surface area contributed by atoms with Gasteiger partial charge in [0.15, 0.2) is 6.10 Å². The van der Waals surface area contributed by atoms with Gasteiger partial charge in [-0.05, 0) is 12.1 Å². The van der Waals surface area contributed by atoms with E-state index in [9.17, 15) is 25.5 Å². The van der Waals surface area contributed by atoms with Gasteiger partial charge < -0.3 is 30.3 Å². The molecule has 0 radical (unpaired) electrons. The minimum atomic E-state index is -1.06. The number of fused-ring (bicyclic) bond motifs is 1. The molecule has 1 aliphatic rings. The molecular weight excluding hydrogens is 276 g/mol. The highest BCUT2D eigenvalue weighted by Gasteiger charge is 2.35. The summed E-state index contributed by atoms with van der Waals surface area (Å²) < 4.78 is 5.56. The van der Waals surface area contributed by atoms with Crippen LogP contribution in [0.2, 0.25) is 0 Å². The van der Waals surface area contributed by atoms with Crippen LogP contribution in [0.1, 0.15) is 17.2 Å². The van der Waals surface area contributed by atoms with Crippen LogP contribution < -0.4 is 4.74 Å². The lowest BCUT2D eigenvalue weighted by atomic mass is 9.93. The van der Waals surface area contributed by atoms with Gasteiger partial charge in [-0.25, -0.2) is 0 Å². The molecular formula is C15H14O6. The highest BCUT2D eigenvalue weighted by atomic mass is 16.5. The van der Waals surface area contributed by atoms with Crippen molar-refractivity contribution in [2.24, 2.45) is 0 Å². The third-order valence-corrected chi connectivity index (χ3v) is 3.53. The standard InChI is InChI=1S/C15H14O6/c16-7-4-11(19)8-6-12(20)15(21-13(8)5-7)14-9(17)2-1-3-10(14)18/h1-5,12,15-20H,6H2/t12-,15-/m0/s1. The van der Waals surface area contributed by atoms with Crippen LogP contribution in [0.25, 0.3) is 0 Å². The number of phenolic OH excluding ortho intramolecular Hbond substituents is 4. The van der Waals surface area contributed by atoms with Crippen molar-refractivity contribution in [1.82, 2.24) is 0 Å². The summed E-state index contributed by atoms with van der Waals surface area (Å²) in [5.74, 6) is -0.559. The topological polar surface area (TPSA) is 110 Å². The van der Waals surface area contributed by atoms with Gasteiger partial charge in [0.2, 0.25) is 0 Å². The summed E-state index contributed by atoms with van der Waals surface area (Å²) in [5, 5.41) is 49.2. The van der Waals surface area contributed by atoms with E-state index in [1.54, 1.807) is 0 Å². The number of ether oxygens (including phenoxy) is 1. The van der Waals surface area contributed by atoms with Crippen LogP contribution in [-0.2, 0) is 6.42 Å². The van der Waals surface area contributed by atoms with Gasteiger partial charge in [-0.15, -0.1) is 0 Å². The maximum atomic E-state index is 10.2. The van der Waals surface area contributed by atoms with Crippen LogP contribution in [0.5, 0.6) is 28.7 Å². The summed E-state index contributed by atoms with van der Waals surface area (Å²) in [5.41, 5.74) is 0.435. The van der Waals surface area contributed by atoms with Gasteiger partial charge in [-0.1, -0.05) is 6.07 Å². The number of phenols is 4. The van der Waals surface area contributed by atoms with Crippen molar-refractivity contribution in [3.05, 3.63) is 41.5 Å². The van der Waals surface area contributed by atoms with Crippen LogP contribution >= 0.6 is 0 Å². The first-order valence-electron chi connectivity index (χ1n) is 6.37. The molecule has 2 aromatic rings. The molecule has 2 atom stereocenters. The van der Waals surface area contributed by atoms with Crippen LogP contribution in [0, 0.1) is 0 Å². The predicted molar refractivity (Wildman–Crippen MR) is 72.6 cm³/mol. The van der Waals surface area contributed by atoms with Crippen molar-refractivity contribution < 1.29 is 30.3 Å². The minimum absolute atomic E-state index is 0.0680. The number of aromatic hydroxyl groups is 4. The summed E-state index contributed by atoms with van der Waals surface area (Å²) in [4.78, 5) is 0. The second-order valence-electron chi connectivity index (χ2n) is 4.96. The van der Waals surface area contributed by atoms with E-state index in [1.165, 1.54) is 24.3 Å². The Kier molecular flexibility index (Phi) is 3.03. The first-order chi connectivity index (χ1) is 9.97. The molecule has 6 nitrogen and oxygen atoms in total. The number of aliphatic hydroxyl groups is 1. The van der Waals surface area contributed by atoms with E-state index in [1.807, 2.05) is 0 Å². The van der Waals surface area contributed by atoms with Crippen molar-refractivity contribution in [2.75, 3.05) is 0 Å². The second kappa shape index (κ2) is 4.75. The third-order valence-electron chi connectivity index (χ3n) is 3.53. The smallest absolute Gasteiger partial charge is 0.157 e. The molecule has 0 unspecified atom stereocenters. The third kappa shape index (κ3) is 2.19. The molecule has 1 heterocycles. The maximum absolute atomic E-state index is 10.2. The van der Waals surface area contributed by atoms with E-state index in [2.05, 4.69) is 0 Å². The fourth-order valence-corrected chi connectivity index (χ4v) is 2.54. The van der Waals surface area contributed by atoms with Gasteiger partial charge in [0, 0.05) is 24.1 Å². The predicted octanol–water partition coefficient (Wildman–Crippen LogP) is 1.55. The van der Waals surface area contributed by atoms with Crippen molar-refractivity contribution in [2.45, 2.75) is 18.6 Å². The fraction of sp³-hybridized carbons (Fsp3) is 0.200. The van der Waals surface area contributed by atoms with Gasteiger partial charge in [0.05, 0.1) is 11.7 Å². The highest BCUT2D eigenvalue weighted by Crippen LogP contribution is 2.45. The van der Waals surface area contributed by atoms with E-state index in [0.717, 1.165) is 6.07 Å². The molecule has 5 N–H and O–H groups in total. The zero-order valence-corrected chi connectivity index (χ0v) is 10.9. The number of hydrogen-bond donors (Lipinski definition) is 5. The number of rotatable bonds is 1. The first-order valence-corrected chi connectivity index (χ1v) is 6.37. The number of hydrogen-bond acceptors (Lipinski definition) is 6. The van der Waals surface area contributed by atoms with E-state index in [0.29, 0.717) is 5.56 Å². The maximum Gasteiger partial charge on any atom is 0.157 e. The lowest BCUT2D eigenvalue weighted by molar-refractivity contribution is 0.0172. The van der Waals surface area contributed by atoms with Crippen LogP contribution in [0.4, 0.5) is 0 Å². The Morgan fingerprint density at radius 1 is 0.952 bits per heavy atom. The Bertz CT molecular complexity index is 677. The molecule has 0 spiro atoms. The Morgan fingerprint density at radius 2 is 1.62 bits per heavy atom. The molecule has 0 bridgehead atoms. The lowest BCUT2D eigenvalue weighted by Crippen LogP contribution is -2.30. The minimum Gasteiger partial charge on any atom is -0.508 e. The van der Waals surface area contributed by atoms with E-state index in [4.69, 9.17) is 4.74 Å². The van der Waals surface area contributed by atoms with Crippen molar-refractivity contribution in [3.8, 4) is 28.7 Å². The Balaban J connectivity index is 2.07. The molecule has 0 amide bonds. The molecule has 0 aliphatic carbocycles. The van der Waals surface area contributed by atoms with Gasteiger partial charge in [-0.3, -0.25) is 0 Å². The SMILES string of the molecule is Oc1cc(O)c2c(c1)O[C@H](c1c(O)cccc1O)[C@@H](O)C2. The molecule has 0 fully saturated rings. The average molecular weight is 290 g/mol. The van der Waals surface area contributed by atoms with Crippen LogP contribution in [0.3, 0.4) is 0 Å². The average Bonchev–Trinajstić information content (AvgIpc) is 2.40. The first kappa shape index (κ1) is 13.4. The molecule has 3 rings (SSSR count). The summed E-state index contributed by atoms with van der Waals surface area (Å²) in [7, 11) is 0. The molecule has 110 valence electrons. The monoisotopic (exact) mass is 290 g/mol. The summed E-state index contributed by atoms with van der Waals surface area (Å²) in [6.07, 6.45) is -1.99. The molecule has 0 saturated heterocycles. The lowest BCUT2D eigenvalue weighted by Gasteiger charge is -2.31. The molecule has 0 aromatic heterocycles. The van der Waals surface area contributed by atoms with E-state index < -0.39 is 12.2 Å². The van der Waals surface area contributed by atoms with Crippen molar-refractivity contribution in [3.63, 3.8) is 0 Å². The Labute approximate surface area is 120 Å². The number of aliphatic hydroxyl groups excluding tert-OH is 1. The zero-order valence-electron chi connectivity index (χ0n) is 10.9. The van der Waals surface area contributed by atoms with Gasteiger partial charge in [0.25, 0.3) is 0 Å². The largest absolute Gasteiger partial charge is 0.508 e. The summed E-state index contributed by atoms with van der Waals surface area (Å²) >= 11 is 0. The highest BCUT2D eigenvalue weighted by molar-refractivity contribution is 5.53. The number of benzene rings is 2. The van der Waals surface area contributed by atoms with Gasteiger partial charge in [-0.2, -0.15) is 0 Å². The molecule has 6 heteroatoms. The summed E-state index contributed by atoms with van der Waals surface area (Å²) in [6, 6.07) is 6.69. The normalized spacial score (nSPS) is 20.6. The van der Waals surface area contributed by atoms with Gasteiger partial charge >= 0.3 is 0 Å². The van der Waals surface area contributed by atoms with Gasteiger partial charge in [0.1, 0.15) is 28.7 Å². The van der Waals surface area contributed by atoms with Crippen molar-refractivity contribution in [1.29, 1.82) is 0 Å². The van der Waals surface area contributed by atoms with Crippen LogP contribution in [-0.4, -0.2) is 31.6 Å². The Morgan fingerprint density at radius 3 is 2.29 bits per heavy atom. The molecule has 21 heavy (non-hydrogen) atoms. The van der Waals surface area contributed by atoms with Crippen molar-refractivity contribution >= 4 is 0 Å². The zero-order chi connectivity index (χ0) is 15.1. The Hall–Kier alpha value is -2.60. The quantitative estimate of drug-likeness (QED) is 0.545. The molecule has 1 aliphatic heterocycles. The van der Waals surface area contributed by atoms with E-state index >= 15 is 0 Å². The second-order valence-corrected chi connectivity index (χ2v) is 4.96. The van der Waals surface area contributed by atoms with E-state index in [-0.39, 0.29) is 40.7 Å². The molecule has 0 saturated carbocycles. The van der Waals surface area contributed by atoms with Crippen LogP contribution in [0.15, 0.2) is 30.3 Å².